The van der Waals surface area contributed by atoms with Gasteiger partial charge >= 0.3 is 0 Å². The predicted octanol–water partition coefficient (Wildman–Crippen LogP) is 6.46. The number of hydrogen-bond donors (Lipinski definition) is 1. The molecule has 2 aliphatic rings. The molecule has 200 valence electrons. The monoisotopic (exact) mass is 556 g/mol. The number of likely N-dealkylation sites (tertiary alicyclic amines) is 2. The van der Waals surface area contributed by atoms with E-state index in [-0.39, 0.29) is 16.4 Å². The van der Waals surface area contributed by atoms with Crippen molar-refractivity contribution in [2.24, 2.45) is 0 Å². The summed E-state index contributed by atoms with van der Waals surface area (Å²) in [7, 11) is 0. The van der Waals surface area contributed by atoms with Crippen molar-refractivity contribution < 1.29 is 13.9 Å². The summed E-state index contributed by atoms with van der Waals surface area (Å²) in [6.45, 7) is 5.26. The third-order valence-electron chi connectivity index (χ3n) is 7.90. The predicted molar refractivity (Wildman–Crippen MR) is 149 cm³/mol. The molecule has 0 saturated carbocycles. The maximum absolute atomic E-state index is 14.1. The van der Waals surface area contributed by atoms with Crippen molar-refractivity contribution in [1.29, 1.82) is 0 Å². The summed E-state index contributed by atoms with van der Waals surface area (Å²) in [5, 5.41) is 0.235. The lowest BCUT2D eigenvalue weighted by molar-refractivity contribution is -0.120. The van der Waals surface area contributed by atoms with Crippen LogP contribution in [0.1, 0.15) is 49.8 Å². The average Bonchev–Trinajstić information content (AvgIpc) is 3.48. The van der Waals surface area contributed by atoms with Crippen LogP contribution >= 0.6 is 23.2 Å². The summed E-state index contributed by atoms with van der Waals surface area (Å²) < 4.78 is 20.3. The maximum Gasteiger partial charge on any atom is 0.209 e. The molecule has 1 amide bonds. The Balaban J connectivity index is 1.53. The Labute approximate surface area is 232 Å². The molecular formula is C29H31Cl2FN4O2. The van der Waals surface area contributed by atoms with Crippen molar-refractivity contribution in [2.75, 3.05) is 31.9 Å². The quantitative estimate of drug-likeness (QED) is 0.267. The molecule has 2 N–H and O–H groups in total. The van der Waals surface area contributed by atoms with Gasteiger partial charge in [0.25, 0.3) is 0 Å². The lowest BCUT2D eigenvalue weighted by atomic mass is 9.76. The van der Waals surface area contributed by atoms with E-state index in [1.54, 1.807) is 13.1 Å². The number of anilines is 1. The zero-order valence-corrected chi connectivity index (χ0v) is 22.8. The highest BCUT2D eigenvalue weighted by molar-refractivity contribution is 6.36. The Hall–Kier alpha value is -2.87. The molecule has 0 bridgehead atoms. The van der Waals surface area contributed by atoms with Crippen molar-refractivity contribution in [3.63, 3.8) is 0 Å². The van der Waals surface area contributed by atoms with E-state index in [0.29, 0.717) is 16.3 Å². The second kappa shape index (κ2) is 11.1. The van der Waals surface area contributed by atoms with Gasteiger partial charge in [-0.25, -0.2) is 9.37 Å². The van der Waals surface area contributed by atoms with Crippen LogP contribution in [0.4, 0.5) is 10.2 Å². The minimum Gasteiger partial charge on any atom is -0.482 e. The van der Waals surface area contributed by atoms with Gasteiger partial charge in [0.2, 0.25) is 6.41 Å². The zero-order chi connectivity index (χ0) is 26.9. The fraction of sp³-hybridized carbons (Fsp3) is 0.379. The van der Waals surface area contributed by atoms with Crippen LogP contribution in [-0.4, -0.2) is 47.4 Å². The van der Waals surface area contributed by atoms with Gasteiger partial charge in [0.1, 0.15) is 11.9 Å². The second-order valence-electron chi connectivity index (χ2n) is 10.0. The molecule has 3 aromatic rings. The van der Waals surface area contributed by atoms with E-state index < -0.39 is 11.9 Å². The van der Waals surface area contributed by atoms with Gasteiger partial charge in [-0.1, -0.05) is 47.5 Å². The first-order valence-electron chi connectivity index (χ1n) is 12.9. The molecule has 9 heteroatoms. The molecular weight excluding hydrogens is 526 g/mol. The fourth-order valence-electron chi connectivity index (χ4n) is 5.90. The van der Waals surface area contributed by atoms with Crippen molar-refractivity contribution >= 4 is 35.4 Å². The molecule has 2 aliphatic heterocycles. The number of halogens is 3. The van der Waals surface area contributed by atoms with Crippen LogP contribution in [0.25, 0.3) is 11.1 Å². The highest BCUT2D eigenvalue weighted by Crippen LogP contribution is 2.45. The summed E-state index contributed by atoms with van der Waals surface area (Å²) in [4.78, 5) is 20.4. The van der Waals surface area contributed by atoms with Crippen LogP contribution in [0, 0.1) is 5.82 Å². The molecule has 1 unspecified atom stereocenters. The summed E-state index contributed by atoms with van der Waals surface area (Å²) in [6.07, 6.45) is 6.11. The van der Waals surface area contributed by atoms with Crippen LogP contribution in [0.3, 0.4) is 0 Å². The number of carbonyl (C=O) groups excluding carboxylic acids is 1. The lowest BCUT2D eigenvalue weighted by Gasteiger charge is -2.48. The van der Waals surface area contributed by atoms with Crippen LogP contribution in [0.15, 0.2) is 48.7 Å². The van der Waals surface area contributed by atoms with Crippen LogP contribution in [0.5, 0.6) is 5.75 Å². The van der Waals surface area contributed by atoms with Gasteiger partial charge in [0.15, 0.2) is 11.6 Å². The van der Waals surface area contributed by atoms with E-state index in [0.717, 1.165) is 56.6 Å². The van der Waals surface area contributed by atoms with Crippen LogP contribution < -0.4 is 10.5 Å². The smallest absolute Gasteiger partial charge is 0.209 e. The van der Waals surface area contributed by atoms with E-state index in [1.807, 2.05) is 17.0 Å². The lowest BCUT2D eigenvalue weighted by Crippen LogP contribution is -2.52. The summed E-state index contributed by atoms with van der Waals surface area (Å²) in [5.74, 6) is 0.0191. The highest BCUT2D eigenvalue weighted by atomic mass is 35.5. The molecule has 1 atom stereocenters. The summed E-state index contributed by atoms with van der Waals surface area (Å²) in [5.41, 5.74) is 9.52. The molecule has 0 radical (unpaired) electrons. The first-order chi connectivity index (χ1) is 18.3. The molecule has 2 saturated heterocycles. The Bertz CT molecular complexity index is 1320. The van der Waals surface area contributed by atoms with E-state index in [2.05, 4.69) is 28.1 Å². The topological polar surface area (TPSA) is 71.7 Å². The molecule has 2 aromatic carbocycles. The molecule has 38 heavy (non-hydrogen) atoms. The number of rotatable bonds is 7. The van der Waals surface area contributed by atoms with Crippen LogP contribution in [-0.2, 0) is 10.3 Å². The van der Waals surface area contributed by atoms with E-state index in [1.165, 1.54) is 30.5 Å². The van der Waals surface area contributed by atoms with Crippen molar-refractivity contribution in [3.05, 3.63) is 75.7 Å². The zero-order valence-electron chi connectivity index (χ0n) is 21.3. The third-order valence-corrected chi connectivity index (χ3v) is 8.61. The van der Waals surface area contributed by atoms with Gasteiger partial charge in [-0.2, -0.15) is 0 Å². The molecule has 1 aromatic heterocycles. The minimum atomic E-state index is -0.663. The number of ether oxygens (including phenoxy) is 1. The van der Waals surface area contributed by atoms with Gasteiger partial charge in [-0.05, 0) is 75.0 Å². The summed E-state index contributed by atoms with van der Waals surface area (Å²) >= 11 is 12.5. The average molecular weight is 557 g/mol. The first kappa shape index (κ1) is 26.7. The SMILES string of the molecule is CC(Oc1cc(-c2ccccc2C2(N3CCCC3)CCN(C=O)CC2)cnc1N)c1c(Cl)ccc(F)c1Cl. The van der Waals surface area contributed by atoms with E-state index in [9.17, 15) is 9.18 Å². The first-order valence-corrected chi connectivity index (χ1v) is 13.7. The number of nitrogen functional groups attached to an aromatic ring is 1. The molecule has 2 fully saturated rings. The van der Waals surface area contributed by atoms with E-state index >= 15 is 0 Å². The number of piperidine rings is 1. The van der Waals surface area contributed by atoms with Gasteiger partial charge in [-0.3, -0.25) is 9.69 Å². The Morgan fingerprint density at radius 3 is 2.53 bits per heavy atom. The number of nitrogens with two attached hydrogens (primary N) is 1. The van der Waals surface area contributed by atoms with Crippen LogP contribution in [0.2, 0.25) is 10.0 Å². The van der Waals surface area contributed by atoms with Crippen molar-refractivity contribution in [2.45, 2.75) is 44.2 Å². The number of nitrogens with zero attached hydrogens (tertiary/aromatic N) is 3. The number of amides is 1. The normalized spacial score (nSPS) is 18.4. The molecule has 0 spiro atoms. The van der Waals surface area contributed by atoms with Gasteiger partial charge < -0.3 is 15.4 Å². The van der Waals surface area contributed by atoms with E-state index in [4.69, 9.17) is 33.7 Å². The highest BCUT2D eigenvalue weighted by Gasteiger charge is 2.43. The van der Waals surface area contributed by atoms with Gasteiger partial charge in [0.05, 0.1) is 5.02 Å². The maximum atomic E-state index is 14.1. The Morgan fingerprint density at radius 2 is 1.82 bits per heavy atom. The Kier molecular flexibility index (Phi) is 7.80. The second-order valence-corrected chi connectivity index (χ2v) is 10.8. The fourth-order valence-corrected chi connectivity index (χ4v) is 6.58. The number of hydrogen-bond acceptors (Lipinski definition) is 5. The van der Waals surface area contributed by atoms with Gasteiger partial charge in [0, 0.05) is 41.0 Å². The van der Waals surface area contributed by atoms with Crippen molar-refractivity contribution in [3.8, 4) is 16.9 Å². The van der Waals surface area contributed by atoms with Crippen molar-refractivity contribution in [1.82, 2.24) is 14.8 Å². The number of carbonyl (C=O) groups is 1. The molecule has 0 aliphatic carbocycles. The number of benzene rings is 2. The number of pyridine rings is 1. The third kappa shape index (κ3) is 4.95. The van der Waals surface area contributed by atoms with Gasteiger partial charge in [-0.15, -0.1) is 0 Å². The minimum absolute atomic E-state index is 0.0766. The largest absolute Gasteiger partial charge is 0.482 e. The summed E-state index contributed by atoms with van der Waals surface area (Å²) in [6, 6.07) is 12.9. The number of aromatic nitrogens is 1. The standard InChI is InChI=1S/C29H31Cl2FN4O2/c1-19(26-23(30)8-9-24(32)27(26)31)38-25-16-20(17-34-28(25)33)21-6-2-3-7-22(21)29(36-12-4-5-13-36)10-14-35(18-37)15-11-29/h2-3,6-9,16-19H,4-5,10-15H2,1H3,(H2,33,34). The molecule has 6 nitrogen and oxygen atoms in total. The molecule has 3 heterocycles. The molecule has 5 rings (SSSR count). The Morgan fingerprint density at radius 1 is 1.11 bits per heavy atom.